The number of fused-ring (bicyclic) bond motifs is 2. The molecule has 0 radical (unpaired) electrons. The van der Waals surface area contributed by atoms with Crippen molar-refractivity contribution in [3.05, 3.63) is 35.9 Å². The summed E-state index contributed by atoms with van der Waals surface area (Å²) in [6, 6.07) is 10.5. The lowest BCUT2D eigenvalue weighted by Gasteiger charge is -2.29. The van der Waals surface area contributed by atoms with Crippen LogP contribution in [-0.2, 0) is 4.79 Å². The molecule has 3 unspecified atom stereocenters. The fourth-order valence-corrected chi connectivity index (χ4v) is 3.50. The number of rotatable bonds is 3. The Hall–Kier alpha value is -1.39. The molecular formula is C16H23N3O. The number of benzene rings is 1. The van der Waals surface area contributed by atoms with Crippen LogP contribution in [0.25, 0.3) is 0 Å². The van der Waals surface area contributed by atoms with Gasteiger partial charge in [0.15, 0.2) is 0 Å². The molecule has 2 aliphatic rings. The summed E-state index contributed by atoms with van der Waals surface area (Å²) in [5.74, 6) is 0.220. The predicted molar refractivity (Wildman–Crippen MR) is 79.1 cm³/mol. The summed E-state index contributed by atoms with van der Waals surface area (Å²) in [7, 11) is 0. The number of carbonyl (C=O) groups is 1. The van der Waals surface area contributed by atoms with E-state index in [9.17, 15) is 4.79 Å². The molecule has 1 aromatic carbocycles. The van der Waals surface area contributed by atoms with Crippen molar-refractivity contribution < 1.29 is 4.79 Å². The van der Waals surface area contributed by atoms with Crippen molar-refractivity contribution in [3.8, 4) is 0 Å². The lowest BCUT2D eigenvalue weighted by Crippen LogP contribution is -2.43. The Morgan fingerprint density at radius 1 is 1.25 bits per heavy atom. The van der Waals surface area contributed by atoms with Crippen LogP contribution in [0.1, 0.15) is 37.3 Å². The van der Waals surface area contributed by atoms with Gasteiger partial charge in [0, 0.05) is 31.1 Å². The first-order chi connectivity index (χ1) is 9.75. The molecule has 0 aliphatic carbocycles. The Morgan fingerprint density at radius 3 is 2.80 bits per heavy atom. The van der Waals surface area contributed by atoms with E-state index >= 15 is 0 Å². The van der Waals surface area contributed by atoms with Crippen molar-refractivity contribution in [3.63, 3.8) is 0 Å². The van der Waals surface area contributed by atoms with Gasteiger partial charge in [0.1, 0.15) is 0 Å². The predicted octanol–water partition coefficient (Wildman–Crippen LogP) is 1.43. The number of nitrogens with zero attached hydrogens (tertiary/aromatic N) is 1. The summed E-state index contributed by atoms with van der Waals surface area (Å²) in [5.41, 5.74) is 7.23. The molecule has 2 aliphatic heterocycles. The number of carbonyl (C=O) groups excluding carboxylic acids is 1. The Bertz CT molecular complexity index is 448. The van der Waals surface area contributed by atoms with Crippen molar-refractivity contribution in [2.24, 2.45) is 5.73 Å². The molecule has 1 amide bonds. The van der Waals surface area contributed by atoms with Gasteiger partial charge in [0.2, 0.25) is 5.91 Å². The van der Waals surface area contributed by atoms with Gasteiger partial charge < -0.3 is 16.0 Å². The van der Waals surface area contributed by atoms with Crippen LogP contribution < -0.4 is 11.1 Å². The number of hydrogen-bond acceptors (Lipinski definition) is 3. The van der Waals surface area contributed by atoms with Crippen LogP contribution >= 0.6 is 0 Å². The van der Waals surface area contributed by atoms with Gasteiger partial charge in [0.25, 0.3) is 0 Å². The fraction of sp³-hybridized carbons (Fsp3) is 0.562. The molecule has 3 rings (SSSR count). The third-order valence-electron chi connectivity index (χ3n) is 4.56. The molecule has 3 atom stereocenters. The maximum Gasteiger partial charge on any atom is 0.225 e. The summed E-state index contributed by atoms with van der Waals surface area (Å²) in [4.78, 5) is 14.7. The van der Waals surface area contributed by atoms with E-state index in [0.29, 0.717) is 18.5 Å². The van der Waals surface area contributed by atoms with E-state index in [1.807, 2.05) is 30.3 Å². The zero-order valence-corrected chi connectivity index (χ0v) is 11.8. The third-order valence-corrected chi connectivity index (χ3v) is 4.56. The first-order valence-corrected chi connectivity index (χ1v) is 7.58. The molecule has 0 saturated carbocycles. The van der Waals surface area contributed by atoms with Gasteiger partial charge in [-0.1, -0.05) is 30.3 Å². The zero-order valence-electron chi connectivity index (χ0n) is 11.8. The van der Waals surface area contributed by atoms with Gasteiger partial charge in [-0.2, -0.15) is 0 Å². The average molecular weight is 273 g/mol. The molecule has 1 aromatic rings. The molecule has 0 aromatic heterocycles. The normalized spacial score (nSPS) is 27.1. The van der Waals surface area contributed by atoms with Gasteiger partial charge >= 0.3 is 0 Å². The highest BCUT2D eigenvalue weighted by Gasteiger charge is 2.38. The number of nitrogens with one attached hydrogen (secondary N) is 1. The van der Waals surface area contributed by atoms with E-state index in [1.165, 1.54) is 0 Å². The molecule has 0 spiro atoms. The summed E-state index contributed by atoms with van der Waals surface area (Å²) in [6.07, 6.45) is 3.77. The van der Waals surface area contributed by atoms with Gasteiger partial charge in [-0.3, -0.25) is 4.79 Å². The molecule has 20 heavy (non-hydrogen) atoms. The Morgan fingerprint density at radius 2 is 2.00 bits per heavy atom. The largest absolute Gasteiger partial charge is 0.335 e. The molecule has 4 heteroatoms. The molecule has 2 saturated heterocycles. The van der Waals surface area contributed by atoms with Crippen LogP contribution in [0.15, 0.2) is 30.3 Å². The molecule has 2 fully saturated rings. The van der Waals surface area contributed by atoms with E-state index in [-0.39, 0.29) is 11.9 Å². The summed E-state index contributed by atoms with van der Waals surface area (Å²) in [6.45, 7) is 1.96. The molecule has 2 heterocycles. The standard InChI is InChI=1S/C16H23N3O/c17-15(12-4-2-1-3-5-12)10-16(20)19-13-6-7-14(19)11-18-9-8-13/h1-5,13-15,18H,6-11,17H2. The zero-order chi connectivity index (χ0) is 13.9. The van der Waals surface area contributed by atoms with E-state index < -0.39 is 0 Å². The van der Waals surface area contributed by atoms with Crippen LogP contribution in [0.2, 0.25) is 0 Å². The highest BCUT2D eigenvalue weighted by atomic mass is 16.2. The van der Waals surface area contributed by atoms with Gasteiger partial charge in [-0.25, -0.2) is 0 Å². The third kappa shape index (κ3) is 2.72. The van der Waals surface area contributed by atoms with E-state index in [1.54, 1.807) is 0 Å². The Labute approximate surface area is 120 Å². The van der Waals surface area contributed by atoms with Crippen molar-refractivity contribution in [1.29, 1.82) is 0 Å². The summed E-state index contributed by atoms with van der Waals surface area (Å²) < 4.78 is 0. The molecule has 108 valence electrons. The van der Waals surface area contributed by atoms with E-state index in [0.717, 1.165) is 37.9 Å². The molecule has 3 N–H and O–H groups in total. The van der Waals surface area contributed by atoms with Gasteiger partial charge in [0.05, 0.1) is 0 Å². The summed E-state index contributed by atoms with van der Waals surface area (Å²) >= 11 is 0. The SMILES string of the molecule is NC(CC(=O)N1C2CCNCC1CC2)c1ccccc1. The summed E-state index contributed by atoms with van der Waals surface area (Å²) in [5, 5.41) is 3.42. The minimum atomic E-state index is -0.195. The van der Waals surface area contributed by atoms with Crippen LogP contribution in [0.5, 0.6) is 0 Å². The highest BCUT2D eigenvalue weighted by Crippen LogP contribution is 2.29. The van der Waals surface area contributed by atoms with E-state index in [4.69, 9.17) is 5.73 Å². The first-order valence-electron chi connectivity index (χ1n) is 7.58. The second kappa shape index (κ2) is 5.94. The monoisotopic (exact) mass is 273 g/mol. The number of amides is 1. The lowest BCUT2D eigenvalue weighted by atomic mass is 10.0. The molecule has 2 bridgehead atoms. The maximum absolute atomic E-state index is 12.6. The van der Waals surface area contributed by atoms with E-state index in [2.05, 4.69) is 10.2 Å². The first kappa shape index (κ1) is 13.6. The minimum Gasteiger partial charge on any atom is -0.335 e. The van der Waals surface area contributed by atoms with Crippen molar-refractivity contribution in [2.45, 2.75) is 43.8 Å². The second-order valence-corrected chi connectivity index (χ2v) is 5.90. The van der Waals surface area contributed by atoms with Gasteiger partial charge in [-0.05, 0) is 31.4 Å². The van der Waals surface area contributed by atoms with Crippen molar-refractivity contribution in [2.75, 3.05) is 13.1 Å². The average Bonchev–Trinajstić information content (AvgIpc) is 2.73. The van der Waals surface area contributed by atoms with Crippen LogP contribution in [0.4, 0.5) is 0 Å². The Balaban J connectivity index is 1.67. The van der Waals surface area contributed by atoms with Gasteiger partial charge in [-0.15, -0.1) is 0 Å². The Kier molecular flexibility index (Phi) is 4.03. The maximum atomic E-state index is 12.6. The van der Waals surface area contributed by atoms with Crippen LogP contribution in [0.3, 0.4) is 0 Å². The lowest BCUT2D eigenvalue weighted by molar-refractivity contribution is -0.134. The fourth-order valence-electron chi connectivity index (χ4n) is 3.50. The highest BCUT2D eigenvalue weighted by molar-refractivity contribution is 5.78. The number of hydrogen-bond donors (Lipinski definition) is 2. The topological polar surface area (TPSA) is 58.4 Å². The number of nitrogens with two attached hydrogens (primary N) is 1. The second-order valence-electron chi connectivity index (χ2n) is 5.90. The molecular weight excluding hydrogens is 250 g/mol. The quantitative estimate of drug-likeness (QED) is 0.876. The van der Waals surface area contributed by atoms with Crippen LogP contribution in [-0.4, -0.2) is 36.0 Å². The molecule has 4 nitrogen and oxygen atoms in total. The smallest absolute Gasteiger partial charge is 0.225 e. The van der Waals surface area contributed by atoms with Crippen LogP contribution in [0, 0.1) is 0 Å². The van der Waals surface area contributed by atoms with Crippen molar-refractivity contribution in [1.82, 2.24) is 10.2 Å². The minimum absolute atomic E-state index is 0.195. The van der Waals surface area contributed by atoms with Crippen molar-refractivity contribution >= 4 is 5.91 Å².